The molecule has 0 saturated carbocycles. The van der Waals surface area contributed by atoms with Gasteiger partial charge in [-0.15, -0.1) is 0 Å². The third-order valence-electron chi connectivity index (χ3n) is 2.17. The molecule has 0 bridgehead atoms. The molecule has 0 aromatic carbocycles. The average Bonchev–Trinajstić information content (AvgIpc) is 2.19. The predicted octanol–water partition coefficient (Wildman–Crippen LogP) is -2.41. The van der Waals surface area contributed by atoms with Crippen molar-refractivity contribution in [3.05, 3.63) is 6.42 Å². The highest BCUT2D eigenvalue weighted by Crippen LogP contribution is 2.21. The highest BCUT2D eigenvalue weighted by molar-refractivity contribution is 7.80. The van der Waals surface area contributed by atoms with Crippen LogP contribution in [0.5, 0.6) is 0 Å². The van der Waals surface area contributed by atoms with Gasteiger partial charge >= 0.3 is 10.4 Å². The fraction of sp³-hybridized carbons (Fsp3) is 0.750. The Hall–Kier alpha value is -0.780. The van der Waals surface area contributed by atoms with Crippen LogP contribution in [0.2, 0.25) is 0 Å². The second-order valence-corrected chi connectivity index (χ2v) is 4.70. The molecular formula is C8H14NO8S-. The molecule has 18 heavy (non-hydrogen) atoms. The van der Waals surface area contributed by atoms with Crippen molar-refractivity contribution in [1.29, 1.82) is 0 Å². The molecule has 4 atom stereocenters. The predicted molar refractivity (Wildman–Crippen MR) is 56.3 cm³/mol. The van der Waals surface area contributed by atoms with Gasteiger partial charge in [-0.05, 0) is 12.1 Å². The van der Waals surface area contributed by atoms with Crippen LogP contribution in [0.25, 0.3) is 0 Å². The number of hydrogen-bond acceptors (Lipinski definition) is 7. The van der Waals surface area contributed by atoms with E-state index in [4.69, 9.17) is 14.4 Å². The number of carbonyl (C=O) groups excluding carboxylic acids is 1. The Bertz CT molecular complexity index is 396. The third kappa shape index (κ3) is 4.48. The summed E-state index contributed by atoms with van der Waals surface area (Å²) in [6, 6.07) is -1.02. The molecule has 0 radical (unpaired) electrons. The van der Waals surface area contributed by atoms with Crippen molar-refractivity contribution in [2.24, 2.45) is 0 Å². The van der Waals surface area contributed by atoms with Crippen LogP contribution in [0.4, 0.5) is 0 Å². The SMILES string of the molecule is CC(=O)N[C@@H]1[CH-][C@@H](OS(=O)(=O)O)[C@@H](CO)O[C@H]1O. The first-order chi connectivity index (χ1) is 8.23. The van der Waals surface area contributed by atoms with Gasteiger partial charge in [0.15, 0.2) is 0 Å². The van der Waals surface area contributed by atoms with Crippen molar-refractivity contribution < 1.29 is 36.9 Å². The van der Waals surface area contributed by atoms with Gasteiger partial charge in [0.2, 0.25) is 5.91 Å². The molecule has 10 heteroatoms. The first-order valence-corrected chi connectivity index (χ1v) is 6.31. The maximum absolute atomic E-state index is 10.8. The highest BCUT2D eigenvalue weighted by atomic mass is 32.3. The lowest BCUT2D eigenvalue weighted by atomic mass is 10.0. The molecule has 0 aliphatic carbocycles. The maximum atomic E-state index is 10.8. The van der Waals surface area contributed by atoms with Crippen LogP contribution in [0.1, 0.15) is 6.92 Å². The first-order valence-electron chi connectivity index (χ1n) is 4.95. The zero-order chi connectivity index (χ0) is 13.9. The van der Waals surface area contributed by atoms with Gasteiger partial charge in [0.25, 0.3) is 0 Å². The maximum Gasteiger partial charge on any atom is 0.395 e. The molecule has 0 aromatic heterocycles. The van der Waals surface area contributed by atoms with Crippen LogP contribution in [-0.2, 0) is 24.1 Å². The molecule has 1 saturated heterocycles. The van der Waals surface area contributed by atoms with E-state index in [9.17, 15) is 18.3 Å². The zero-order valence-electron chi connectivity index (χ0n) is 9.38. The zero-order valence-corrected chi connectivity index (χ0v) is 10.2. The molecule has 1 amide bonds. The molecule has 106 valence electrons. The lowest BCUT2D eigenvalue weighted by Crippen LogP contribution is -2.56. The van der Waals surface area contributed by atoms with Gasteiger partial charge in [0.05, 0.1) is 12.7 Å². The molecule has 1 aliphatic heterocycles. The van der Waals surface area contributed by atoms with Crippen LogP contribution < -0.4 is 5.32 Å². The summed E-state index contributed by atoms with van der Waals surface area (Å²) in [4.78, 5) is 10.8. The quantitative estimate of drug-likeness (QED) is 0.330. The summed E-state index contributed by atoms with van der Waals surface area (Å²) in [6.45, 7) is 0.553. The number of amides is 1. The summed E-state index contributed by atoms with van der Waals surface area (Å²) in [7, 11) is -4.75. The molecule has 4 N–H and O–H groups in total. The van der Waals surface area contributed by atoms with Crippen molar-refractivity contribution in [1.82, 2.24) is 5.32 Å². The van der Waals surface area contributed by atoms with Crippen molar-refractivity contribution in [2.75, 3.05) is 6.61 Å². The summed E-state index contributed by atoms with van der Waals surface area (Å²) in [5, 5.41) is 20.7. The molecule has 1 aliphatic rings. The van der Waals surface area contributed by atoms with Crippen molar-refractivity contribution in [3.63, 3.8) is 0 Å². The summed E-state index contributed by atoms with van der Waals surface area (Å²) in [6.07, 6.45) is -2.84. The molecule has 0 unspecified atom stereocenters. The highest BCUT2D eigenvalue weighted by Gasteiger charge is 2.32. The fourth-order valence-electron chi connectivity index (χ4n) is 1.50. The van der Waals surface area contributed by atoms with Gasteiger partial charge in [0.1, 0.15) is 6.29 Å². The summed E-state index contributed by atoms with van der Waals surface area (Å²) >= 11 is 0. The van der Waals surface area contributed by atoms with Crippen LogP contribution in [-0.4, -0.2) is 60.2 Å². The van der Waals surface area contributed by atoms with E-state index >= 15 is 0 Å². The molecular weight excluding hydrogens is 270 g/mol. The number of rotatable bonds is 4. The number of hydrogen-bond donors (Lipinski definition) is 4. The minimum absolute atomic E-state index is 0.480. The van der Waals surface area contributed by atoms with Crippen molar-refractivity contribution >= 4 is 16.3 Å². The van der Waals surface area contributed by atoms with E-state index in [1.165, 1.54) is 6.92 Å². The molecule has 0 aromatic rings. The molecule has 1 fully saturated rings. The van der Waals surface area contributed by atoms with Gasteiger partial charge in [-0.25, -0.2) is 0 Å². The summed E-state index contributed by atoms with van der Waals surface area (Å²) in [5.74, 6) is -0.480. The van der Waals surface area contributed by atoms with Gasteiger partial charge in [0, 0.05) is 6.92 Å². The number of aliphatic hydroxyl groups is 2. The second-order valence-electron chi connectivity index (χ2n) is 3.66. The Labute approximate surface area is 104 Å². The van der Waals surface area contributed by atoms with Crippen LogP contribution >= 0.6 is 0 Å². The summed E-state index contributed by atoms with van der Waals surface area (Å²) in [5.41, 5.74) is 0. The average molecular weight is 284 g/mol. The van der Waals surface area contributed by atoms with E-state index in [0.717, 1.165) is 6.42 Å². The van der Waals surface area contributed by atoms with E-state index in [1.807, 2.05) is 0 Å². The number of aliphatic hydroxyl groups excluding tert-OH is 2. The molecule has 1 rings (SSSR count). The van der Waals surface area contributed by atoms with Gasteiger partial charge in [-0.1, -0.05) is 0 Å². The second kappa shape index (κ2) is 5.91. The van der Waals surface area contributed by atoms with Crippen molar-refractivity contribution in [2.45, 2.75) is 31.5 Å². The topological polar surface area (TPSA) is 142 Å². The molecule has 0 spiro atoms. The number of nitrogens with one attached hydrogen (secondary N) is 1. The number of ether oxygens (including phenoxy) is 1. The number of carbonyl (C=O) groups is 1. The van der Waals surface area contributed by atoms with Crippen LogP contribution in [0.3, 0.4) is 0 Å². The monoisotopic (exact) mass is 284 g/mol. The fourth-order valence-corrected chi connectivity index (χ4v) is 1.97. The van der Waals surface area contributed by atoms with Gasteiger partial charge in [-0.2, -0.15) is 8.42 Å². The van der Waals surface area contributed by atoms with E-state index in [2.05, 4.69) is 9.50 Å². The smallest absolute Gasteiger partial charge is 0.394 e. The van der Waals surface area contributed by atoms with Gasteiger partial charge in [-0.3, -0.25) is 20.0 Å². The standard InChI is InChI=1S/C8H14NO8S/c1-4(11)9-5-2-6(17-18(13,14)15)7(3-10)16-8(5)12/h2,5-8,10,12H,3H2,1H3,(H,9,11)(H,13,14,15)/q-1/t5-,6-,7-,8-/m1/s1. The van der Waals surface area contributed by atoms with E-state index in [0.29, 0.717) is 0 Å². The van der Waals surface area contributed by atoms with Crippen LogP contribution in [0.15, 0.2) is 0 Å². The minimum Gasteiger partial charge on any atom is -0.394 e. The lowest BCUT2D eigenvalue weighted by molar-refractivity contribution is -0.200. The van der Waals surface area contributed by atoms with Gasteiger partial charge < -0.3 is 20.3 Å². The Morgan fingerprint density at radius 2 is 2.17 bits per heavy atom. The molecule has 9 nitrogen and oxygen atoms in total. The third-order valence-corrected chi connectivity index (χ3v) is 2.63. The van der Waals surface area contributed by atoms with Crippen LogP contribution in [0, 0.1) is 6.42 Å². The normalized spacial score (nSPS) is 33.1. The Morgan fingerprint density at radius 3 is 2.61 bits per heavy atom. The Balaban J connectivity index is 2.76. The van der Waals surface area contributed by atoms with E-state index in [1.54, 1.807) is 0 Å². The Kier molecular flexibility index (Phi) is 5.01. The first kappa shape index (κ1) is 15.3. The summed E-state index contributed by atoms with van der Waals surface area (Å²) < 4.78 is 38.9. The molecule has 1 heterocycles. The Morgan fingerprint density at radius 1 is 1.56 bits per heavy atom. The lowest BCUT2D eigenvalue weighted by Gasteiger charge is -2.45. The largest absolute Gasteiger partial charge is 0.395 e. The van der Waals surface area contributed by atoms with E-state index < -0.39 is 47.5 Å². The van der Waals surface area contributed by atoms with E-state index in [-0.39, 0.29) is 0 Å². The van der Waals surface area contributed by atoms with Crippen molar-refractivity contribution in [3.8, 4) is 0 Å². The minimum atomic E-state index is -4.75.